The molecule has 0 fully saturated rings. The van der Waals surface area contributed by atoms with Gasteiger partial charge in [-0.2, -0.15) is 0 Å². The van der Waals surface area contributed by atoms with E-state index in [2.05, 4.69) is 229 Å². The Balaban J connectivity index is 0.992. The molecule has 12 rings (SSSR count). The summed E-state index contributed by atoms with van der Waals surface area (Å²) < 4.78 is 6.33. The van der Waals surface area contributed by atoms with E-state index in [0.29, 0.717) is 0 Å². The van der Waals surface area contributed by atoms with Gasteiger partial charge < -0.3 is 9.32 Å². The first kappa shape index (κ1) is 35.7. The fourth-order valence-electron chi connectivity index (χ4n) is 9.43. The molecule has 1 heterocycles. The first-order valence-corrected chi connectivity index (χ1v) is 21.2. The van der Waals surface area contributed by atoms with E-state index in [-0.39, 0.29) is 0 Å². The van der Waals surface area contributed by atoms with Crippen LogP contribution in [0.25, 0.3) is 98.8 Å². The number of para-hydroxylation sites is 1. The number of benzene rings is 11. The van der Waals surface area contributed by atoms with Gasteiger partial charge in [0.05, 0.1) is 0 Å². The van der Waals surface area contributed by atoms with Crippen molar-refractivity contribution in [3.05, 3.63) is 237 Å². The number of furan rings is 1. The first-order chi connectivity index (χ1) is 30.7. The highest BCUT2D eigenvalue weighted by molar-refractivity contribution is 6.13. The van der Waals surface area contributed by atoms with Gasteiger partial charge in [-0.25, -0.2) is 0 Å². The number of hydrogen-bond donors (Lipinski definition) is 0. The molecular weight excluding hydrogens is 751 g/mol. The zero-order valence-corrected chi connectivity index (χ0v) is 33.9. The van der Waals surface area contributed by atoms with E-state index in [4.69, 9.17) is 4.42 Å². The predicted octanol–water partition coefficient (Wildman–Crippen LogP) is 17.2. The van der Waals surface area contributed by atoms with Crippen LogP contribution in [-0.2, 0) is 0 Å². The summed E-state index contributed by atoms with van der Waals surface area (Å²) in [6.45, 7) is 0. The minimum atomic E-state index is 0.890. The molecule has 0 aliphatic heterocycles. The van der Waals surface area contributed by atoms with E-state index < -0.39 is 0 Å². The molecule has 12 aromatic rings. The Morgan fingerprint density at radius 3 is 1.52 bits per heavy atom. The maximum Gasteiger partial charge on any atom is 0.136 e. The van der Waals surface area contributed by atoms with Crippen LogP contribution in [0.3, 0.4) is 0 Å². The molecule has 0 bridgehead atoms. The number of hydrogen-bond acceptors (Lipinski definition) is 2. The lowest BCUT2D eigenvalue weighted by molar-refractivity contribution is 0.669. The van der Waals surface area contributed by atoms with Gasteiger partial charge >= 0.3 is 0 Å². The van der Waals surface area contributed by atoms with Crippen molar-refractivity contribution in [1.82, 2.24) is 0 Å². The van der Waals surface area contributed by atoms with Crippen LogP contribution < -0.4 is 4.90 Å². The summed E-state index contributed by atoms with van der Waals surface area (Å²) in [7, 11) is 0. The van der Waals surface area contributed by atoms with Gasteiger partial charge in [-0.3, -0.25) is 0 Å². The summed E-state index contributed by atoms with van der Waals surface area (Å²) in [5, 5.41) is 9.77. The topological polar surface area (TPSA) is 16.4 Å². The van der Waals surface area contributed by atoms with E-state index in [1.165, 1.54) is 60.1 Å². The summed E-state index contributed by atoms with van der Waals surface area (Å²) in [5.74, 6) is 0. The molecule has 0 spiro atoms. The van der Waals surface area contributed by atoms with E-state index in [9.17, 15) is 0 Å². The molecule has 0 atom stereocenters. The molecule has 11 aromatic carbocycles. The van der Waals surface area contributed by atoms with Gasteiger partial charge in [0.2, 0.25) is 0 Å². The van der Waals surface area contributed by atoms with Crippen LogP contribution in [0.1, 0.15) is 0 Å². The van der Waals surface area contributed by atoms with Gasteiger partial charge in [0.15, 0.2) is 0 Å². The van der Waals surface area contributed by atoms with E-state index in [1.807, 2.05) is 12.1 Å². The smallest absolute Gasteiger partial charge is 0.136 e. The predicted molar refractivity (Wildman–Crippen MR) is 263 cm³/mol. The molecule has 290 valence electrons. The van der Waals surface area contributed by atoms with Gasteiger partial charge in [0.1, 0.15) is 11.2 Å². The van der Waals surface area contributed by atoms with Crippen molar-refractivity contribution < 1.29 is 4.42 Å². The molecule has 0 amide bonds. The highest BCUT2D eigenvalue weighted by Gasteiger charge is 2.18. The Morgan fingerprint density at radius 2 is 0.758 bits per heavy atom. The summed E-state index contributed by atoms with van der Waals surface area (Å²) in [4.78, 5) is 2.40. The Bertz CT molecular complexity index is 3650. The lowest BCUT2D eigenvalue weighted by atomic mass is 9.94. The molecular formula is C60H39NO. The minimum Gasteiger partial charge on any atom is -0.456 e. The van der Waals surface area contributed by atoms with Crippen molar-refractivity contribution in [3.63, 3.8) is 0 Å². The second-order valence-electron chi connectivity index (χ2n) is 16.1. The Hall–Kier alpha value is -8.20. The van der Waals surface area contributed by atoms with E-state index >= 15 is 0 Å². The van der Waals surface area contributed by atoms with Crippen LogP contribution in [0.2, 0.25) is 0 Å². The number of nitrogens with zero attached hydrogens (tertiary/aromatic N) is 1. The van der Waals surface area contributed by atoms with Crippen molar-refractivity contribution in [2.45, 2.75) is 0 Å². The van der Waals surface area contributed by atoms with Gasteiger partial charge in [-0.15, -0.1) is 0 Å². The lowest BCUT2D eigenvalue weighted by Crippen LogP contribution is -2.10. The summed E-state index contributed by atoms with van der Waals surface area (Å²) in [6.07, 6.45) is 0. The number of fused-ring (bicyclic) bond motifs is 7. The molecule has 0 aliphatic carbocycles. The minimum absolute atomic E-state index is 0.890. The average Bonchev–Trinajstić information content (AvgIpc) is 3.73. The van der Waals surface area contributed by atoms with Crippen LogP contribution in [0.5, 0.6) is 0 Å². The standard InChI is InChI=1S/C60H39NO/c1-2-14-44-36-46(33-32-40(44)12-1)42-30-28-41(29-31-42)45-15-7-18-49(37-45)61(51-20-9-17-48(39-51)54-24-11-27-59-60(54)57-22-5-6-26-58(57)62-59)50-19-8-16-47(38-50)53-23-10-25-55-52-21-4-3-13-43(52)34-35-56(53)55/h1-39H. The molecule has 0 saturated carbocycles. The first-order valence-electron chi connectivity index (χ1n) is 21.2. The zero-order chi connectivity index (χ0) is 41.0. The maximum absolute atomic E-state index is 6.33. The van der Waals surface area contributed by atoms with E-state index in [0.717, 1.165) is 55.7 Å². The number of rotatable bonds is 7. The molecule has 0 unspecified atom stereocenters. The number of anilines is 3. The maximum atomic E-state index is 6.33. The van der Waals surface area contributed by atoms with Crippen LogP contribution >= 0.6 is 0 Å². The lowest BCUT2D eigenvalue weighted by Gasteiger charge is -2.27. The highest BCUT2D eigenvalue weighted by atomic mass is 16.3. The third-order valence-corrected chi connectivity index (χ3v) is 12.4. The molecule has 0 radical (unpaired) electrons. The normalized spacial score (nSPS) is 11.5. The van der Waals surface area contributed by atoms with Gasteiger partial charge in [-0.05, 0) is 131 Å². The molecule has 2 nitrogen and oxygen atoms in total. The molecule has 2 heteroatoms. The van der Waals surface area contributed by atoms with Gasteiger partial charge in [-0.1, -0.05) is 182 Å². The third-order valence-electron chi connectivity index (χ3n) is 12.4. The second kappa shape index (κ2) is 14.8. The second-order valence-corrected chi connectivity index (χ2v) is 16.1. The van der Waals surface area contributed by atoms with Crippen molar-refractivity contribution in [3.8, 4) is 44.5 Å². The van der Waals surface area contributed by atoms with Crippen LogP contribution in [0, 0.1) is 0 Å². The average molecular weight is 790 g/mol. The van der Waals surface area contributed by atoms with Crippen LogP contribution in [0.15, 0.2) is 241 Å². The Morgan fingerprint density at radius 1 is 0.258 bits per heavy atom. The van der Waals surface area contributed by atoms with Crippen molar-refractivity contribution in [2.75, 3.05) is 4.90 Å². The zero-order valence-electron chi connectivity index (χ0n) is 33.9. The summed E-state index contributed by atoms with van der Waals surface area (Å²) >= 11 is 0. The SMILES string of the molecule is c1cc(-c2ccc(-c3ccc4ccccc4c3)cc2)cc(N(c2cccc(-c3cccc4c3ccc3ccccc34)c2)c2cccc(-c3cccc4oc5ccccc5c34)c2)c1. The van der Waals surface area contributed by atoms with Crippen molar-refractivity contribution in [2.24, 2.45) is 0 Å². The van der Waals surface area contributed by atoms with Crippen LogP contribution in [0.4, 0.5) is 17.1 Å². The largest absolute Gasteiger partial charge is 0.456 e. The molecule has 0 saturated heterocycles. The Labute approximate surface area is 360 Å². The van der Waals surface area contributed by atoms with Gasteiger partial charge in [0.25, 0.3) is 0 Å². The molecule has 0 N–H and O–H groups in total. The monoisotopic (exact) mass is 789 g/mol. The molecule has 62 heavy (non-hydrogen) atoms. The fourth-order valence-corrected chi connectivity index (χ4v) is 9.43. The highest BCUT2D eigenvalue weighted by Crippen LogP contribution is 2.43. The fraction of sp³-hybridized carbons (Fsp3) is 0. The van der Waals surface area contributed by atoms with Crippen molar-refractivity contribution in [1.29, 1.82) is 0 Å². The molecule has 1 aromatic heterocycles. The Kier molecular flexibility index (Phi) is 8.53. The summed E-state index contributed by atoms with van der Waals surface area (Å²) in [6, 6.07) is 85.6. The van der Waals surface area contributed by atoms with Crippen LogP contribution in [-0.4, -0.2) is 0 Å². The van der Waals surface area contributed by atoms with E-state index in [1.54, 1.807) is 0 Å². The summed E-state index contributed by atoms with van der Waals surface area (Å²) in [5.41, 5.74) is 14.4. The third kappa shape index (κ3) is 6.20. The van der Waals surface area contributed by atoms with Gasteiger partial charge in [0, 0.05) is 27.8 Å². The van der Waals surface area contributed by atoms with Crippen molar-refractivity contribution >= 4 is 71.3 Å². The quantitative estimate of drug-likeness (QED) is 0.150. The molecule has 0 aliphatic rings.